The summed E-state index contributed by atoms with van der Waals surface area (Å²) in [5.41, 5.74) is 4.06. The normalized spacial score (nSPS) is 11.2. The lowest BCUT2D eigenvalue weighted by atomic mass is 9.90. The minimum absolute atomic E-state index is 0.0399. The summed E-state index contributed by atoms with van der Waals surface area (Å²) in [6, 6.07) is 20.1. The molecule has 2 aromatic carbocycles. The molecule has 0 aliphatic carbocycles. The number of methoxy groups -OCH3 is 1. The summed E-state index contributed by atoms with van der Waals surface area (Å²) in [6.07, 6.45) is 5.79. The van der Waals surface area contributed by atoms with E-state index in [4.69, 9.17) is 4.74 Å². The predicted octanol–water partition coefficient (Wildman–Crippen LogP) is 6.86. The number of hydrogen-bond acceptors (Lipinski definition) is 7. The SMILES string of the molecule is COc1ccc(CCNc2cc3ncc(-c4cc(NC(=O)c5ccnc(C(C)(C)C#N)c5)c(F)cc4C)cc3cn2)cc1. The number of carbonyl (C=O) groups excluding carboxylic acids is 1. The number of halogens is 1. The first-order valence-electron chi connectivity index (χ1n) is 13.8. The molecule has 0 saturated heterocycles. The Morgan fingerprint density at radius 1 is 1.02 bits per heavy atom. The first-order valence-corrected chi connectivity index (χ1v) is 13.8. The Morgan fingerprint density at radius 2 is 1.81 bits per heavy atom. The quantitative estimate of drug-likeness (QED) is 0.198. The zero-order chi connectivity index (χ0) is 30.6. The van der Waals surface area contributed by atoms with E-state index in [9.17, 15) is 14.4 Å². The van der Waals surface area contributed by atoms with Gasteiger partial charge in [0.05, 0.1) is 35.5 Å². The van der Waals surface area contributed by atoms with Gasteiger partial charge in [-0.25, -0.2) is 9.37 Å². The summed E-state index contributed by atoms with van der Waals surface area (Å²) in [5.74, 6) is 0.498. The lowest BCUT2D eigenvalue weighted by molar-refractivity contribution is 0.102. The first-order chi connectivity index (χ1) is 20.7. The van der Waals surface area contributed by atoms with Crippen molar-refractivity contribution < 1.29 is 13.9 Å². The van der Waals surface area contributed by atoms with E-state index in [1.54, 1.807) is 52.4 Å². The fourth-order valence-corrected chi connectivity index (χ4v) is 4.64. The van der Waals surface area contributed by atoms with Gasteiger partial charge in [0.2, 0.25) is 0 Å². The molecular formula is C34H31FN6O2. The van der Waals surface area contributed by atoms with Gasteiger partial charge in [0.15, 0.2) is 0 Å². The first kappa shape index (κ1) is 29.1. The Morgan fingerprint density at radius 3 is 2.56 bits per heavy atom. The zero-order valence-corrected chi connectivity index (χ0v) is 24.4. The number of nitrogens with zero attached hydrogens (tertiary/aromatic N) is 4. The third-order valence-electron chi connectivity index (χ3n) is 7.26. The van der Waals surface area contributed by atoms with Gasteiger partial charge in [-0.3, -0.25) is 14.8 Å². The van der Waals surface area contributed by atoms with E-state index in [1.807, 2.05) is 36.4 Å². The minimum atomic E-state index is -0.870. The van der Waals surface area contributed by atoms with Gasteiger partial charge in [-0.1, -0.05) is 12.1 Å². The maximum absolute atomic E-state index is 15.0. The highest BCUT2D eigenvalue weighted by molar-refractivity contribution is 6.04. The Labute approximate surface area is 249 Å². The molecule has 2 N–H and O–H groups in total. The summed E-state index contributed by atoms with van der Waals surface area (Å²) in [5, 5.41) is 16.3. The topological polar surface area (TPSA) is 113 Å². The Bertz CT molecular complexity index is 1850. The van der Waals surface area contributed by atoms with E-state index < -0.39 is 17.1 Å². The lowest BCUT2D eigenvalue weighted by Crippen LogP contribution is -2.19. The average Bonchev–Trinajstić information content (AvgIpc) is 3.02. The van der Waals surface area contributed by atoms with Crippen LogP contribution in [0, 0.1) is 24.1 Å². The third kappa shape index (κ3) is 6.60. The molecule has 0 spiro atoms. The fraction of sp³-hybridized carbons (Fsp3) is 0.206. The van der Waals surface area contributed by atoms with E-state index in [1.165, 1.54) is 23.9 Å². The van der Waals surface area contributed by atoms with Crippen molar-refractivity contribution in [1.82, 2.24) is 15.0 Å². The van der Waals surface area contributed by atoms with Crippen LogP contribution in [0.5, 0.6) is 5.75 Å². The molecule has 5 aromatic rings. The van der Waals surface area contributed by atoms with Crippen molar-refractivity contribution in [3.05, 3.63) is 107 Å². The molecule has 0 aliphatic heterocycles. The van der Waals surface area contributed by atoms with Crippen molar-refractivity contribution in [2.45, 2.75) is 32.6 Å². The highest BCUT2D eigenvalue weighted by atomic mass is 19.1. The number of ether oxygens (including phenoxy) is 1. The molecule has 0 fully saturated rings. The number of carbonyl (C=O) groups is 1. The summed E-state index contributed by atoms with van der Waals surface area (Å²) >= 11 is 0. The van der Waals surface area contributed by atoms with E-state index in [-0.39, 0.29) is 11.3 Å². The molecule has 43 heavy (non-hydrogen) atoms. The van der Waals surface area contributed by atoms with E-state index in [0.29, 0.717) is 17.8 Å². The number of aryl methyl sites for hydroxylation is 1. The molecule has 8 nitrogen and oxygen atoms in total. The van der Waals surface area contributed by atoms with Crippen LogP contribution in [0.3, 0.4) is 0 Å². The number of fused-ring (bicyclic) bond motifs is 1. The molecule has 0 saturated carbocycles. The molecule has 0 atom stereocenters. The second-order valence-electron chi connectivity index (χ2n) is 10.8. The van der Waals surface area contributed by atoms with Crippen LogP contribution in [-0.2, 0) is 11.8 Å². The van der Waals surface area contributed by atoms with Crippen molar-refractivity contribution in [3.63, 3.8) is 0 Å². The maximum Gasteiger partial charge on any atom is 0.255 e. The number of anilines is 2. The van der Waals surface area contributed by atoms with Gasteiger partial charge >= 0.3 is 0 Å². The van der Waals surface area contributed by atoms with Gasteiger partial charge in [0, 0.05) is 47.7 Å². The molecule has 1 amide bonds. The van der Waals surface area contributed by atoms with Crippen LogP contribution >= 0.6 is 0 Å². The van der Waals surface area contributed by atoms with Crippen LogP contribution in [0.4, 0.5) is 15.9 Å². The Balaban J connectivity index is 1.32. The van der Waals surface area contributed by atoms with Gasteiger partial charge in [0.25, 0.3) is 5.91 Å². The summed E-state index contributed by atoms with van der Waals surface area (Å²) < 4.78 is 20.2. The van der Waals surface area contributed by atoms with Gasteiger partial charge in [-0.15, -0.1) is 0 Å². The third-order valence-corrected chi connectivity index (χ3v) is 7.26. The highest BCUT2D eigenvalue weighted by Gasteiger charge is 2.23. The molecular weight excluding hydrogens is 543 g/mol. The van der Waals surface area contributed by atoms with Gasteiger partial charge in [-0.05, 0) is 86.3 Å². The monoisotopic (exact) mass is 574 g/mol. The summed E-state index contributed by atoms with van der Waals surface area (Å²) in [6.45, 7) is 5.96. The number of nitrogens with one attached hydrogen (secondary N) is 2. The molecule has 0 unspecified atom stereocenters. The van der Waals surface area contributed by atoms with Crippen LogP contribution in [-0.4, -0.2) is 34.5 Å². The van der Waals surface area contributed by atoms with Crippen LogP contribution < -0.4 is 15.4 Å². The van der Waals surface area contributed by atoms with Gasteiger partial charge in [0.1, 0.15) is 17.4 Å². The number of pyridine rings is 3. The smallest absolute Gasteiger partial charge is 0.255 e. The van der Waals surface area contributed by atoms with Crippen molar-refractivity contribution >= 4 is 28.3 Å². The zero-order valence-electron chi connectivity index (χ0n) is 24.4. The second-order valence-corrected chi connectivity index (χ2v) is 10.8. The fourth-order valence-electron chi connectivity index (χ4n) is 4.64. The van der Waals surface area contributed by atoms with Crippen LogP contribution in [0.25, 0.3) is 22.0 Å². The molecule has 216 valence electrons. The number of rotatable bonds is 9. The van der Waals surface area contributed by atoms with Crippen molar-refractivity contribution in [3.8, 4) is 22.9 Å². The molecule has 0 bridgehead atoms. The van der Waals surface area contributed by atoms with Crippen molar-refractivity contribution in [2.75, 3.05) is 24.3 Å². The molecule has 0 aliphatic rings. The second kappa shape index (κ2) is 12.2. The highest BCUT2D eigenvalue weighted by Crippen LogP contribution is 2.31. The molecule has 0 radical (unpaired) electrons. The van der Waals surface area contributed by atoms with Crippen LogP contribution in [0.1, 0.15) is 41.0 Å². The van der Waals surface area contributed by atoms with Crippen molar-refractivity contribution in [2.24, 2.45) is 0 Å². The predicted molar refractivity (Wildman–Crippen MR) is 166 cm³/mol. The maximum atomic E-state index is 15.0. The standard InChI is InChI=1S/C34H31FN6O2/c1-21-13-28(35)30(41-33(42)23-10-12-37-31(15-23)34(2,3)20-36)16-27(21)24-14-25-19-40-32(17-29(25)39-18-24)38-11-9-22-5-7-26(43-4)8-6-22/h5-8,10,12-19H,9,11H2,1-4H3,(H,38,40)(H,41,42). The summed E-state index contributed by atoms with van der Waals surface area (Å²) in [4.78, 5) is 26.4. The van der Waals surface area contributed by atoms with Crippen molar-refractivity contribution in [1.29, 1.82) is 5.26 Å². The number of hydrogen-bond donors (Lipinski definition) is 2. The molecule has 3 aromatic heterocycles. The minimum Gasteiger partial charge on any atom is -0.497 e. The largest absolute Gasteiger partial charge is 0.497 e. The van der Waals surface area contributed by atoms with Gasteiger partial charge in [-0.2, -0.15) is 5.26 Å². The van der Waals surface area contributed by atoms with E-state index in [2.05, 4.69) is 31.7 Å². The molecule has 3 heterocycles. The molecule has 5 rings (SSSR count). The number of amides is 1. The van der Waals surface area contributed by atoms with Gasteiger partial charge < -0.3 is 15.4 Å². The van der Waals surface area contributed by atoms with Crippen LogP contribution in [0.2, 0.25) is 0 Å². The number of nitriles is 1. The van der Waals surface area contributed by atoms with E-state index in [0.717, 1.165) is 40.0 Å². The van der Waals surface area contributed by atoms with Crippen LogP contribution in [0.15, 0.2) is 79.3 Å². The summed E-state index contributed by atoms with van der Waals surface area (Å²) in [7, 11) is 1.65. The Kier molecular flexibility index (Phi) is 8.30. The Hall–Kier alpha value is -5.36. The average molecular weight is 575 g/mol. The molecule has 9 heteroatoms. The lowest BCUT2D eigenvalue weighted by Gasteiger charge is -2.16. The number of benzene rings is 2. The number of aromatic nitrogens is 3. The van der Waals surface area contributed by atoms with E-state index >= 15 is 0 Å².